The van der Waals surface area contributed by atoms with Crippen LogP contribution in [0.5, 0.6) is 0 Å². The van der Waals surface area contributed by atoms with Crippen LogP contribution in [-0.4, -0.2) is 27.2 Å². The molecule has 4 unspecified atom stereocenters. The summed E-state index contributed by atoms with van der Waals surface area (Å²) in [5, 5.41) is 17.7. The number of amides is 1. The number of nitrogens with one attached hydrogen (secondary N) is 2. The van der Waals surface area contributed by atoms with Gasteiger partial charge >= 0.3 is 5.97 Å². The van der Waals surface area contributed by atoms with Crippen molar-refractivity contribution in [1.82, 2.24) is 10.2 Å². The van der Waals surface area contributed by atoms with Gasteiger partial charge in [0, 0.05) is 12.0 Å². The molecule has 1 aromatic heterocycles. The largest absolute Gasteiger partial charge is 0.477 e. The third kappa shape index (κ3) is 2.34. The van der Waals surface area contributed by atoms with Crippen molar-refractivity contribution in [3.8, 4) is 0 Å². The Balaban J connectivity index is 1.65. The third-order valence-electron chi connectivity index (χ3n) is 4.38. The van der Waals surface area contributed by atoms with Gasteiger partial charge in [0.1, 0.15) is 5.69 Å². The highest BCUT2D eigenvalue weighted by Crippen LogP contribution is 2.53. The molecule has 0 aromatic carbocycles. The Morgan fingerprint density at radius 2 is 2.11 bits per heavy atom. The molecule has 2 fully saturated rings. The lowest BCUT2D eigenvalue weighted by Crippen LogP contribution is -2.31. The predicted octanol–water partition coefficient (Wildman–Crippen LogP) is 1.73. The molecule has 1 aromatic rings. The lowest BCUT2D eigenvalue weighted by Gasteiger charge is -2.26. The summed E-state index contributed by atoms with van der Waals surface area (Å²) >= 11 is 0. The van der Waals surface area contributed by atoms with E-state index in [0.717, 1.165) is 24.7 Å². The number of H-pyrrole nitrogens is 1. The molecular weight excluding hydrogens is 246 g/mol. The van der Waals surface area contributed by atoms with Gasteiger partial charge in [-0.15, -0.1) is 0 Å². The van der Waals surface area contributed by atoms with Gasteiger partial charge in [-0.3, -0.25) is 9.89 Å². The highest BCUT2D eigenvalue weighted by Gasteiger charge is 2.47. The van der Waals surface area contributed by atoms with E-state index >= 15 is 0 Å². The number of aromatic carboxylic acids is 1. The first-order chi connectivity index (χ1) is 9.04. The van der Waals surface area contributed by atoms with E-state index in [9.17, 15) is 9.59 Å². The van der Waals surface area contributed by atoms with Crippen molar-refractivity contribution in [1.29, 1.82) is 0 Å². The van der Waals surface area contributed by atoms with Crippen LogP contribution >= 0.6 is 0 Å². The third-order valence-corrected chi connectivity index (χ3v) is 4.38. The first-order valence-electron chi connectivity index (χ1n) is 6.64. The molecule has 3 N–H and O–H groups in total. The number of nitrogens with zero attached hydrogens (tertiary/aromatic N) is 1. The maximum atomic E-state index is 12.2. The Bertz CT molecular complexity index is 525. The van der Waals surface area contributed by atoms with Gasteiger partial charge in [0.25, 0.3) is 0 Å². The van der Waals surface area contributed by atoms with E-state index in [4.69, 9.17) is 5.11 Å². The molecule has 3 rings (SSSR count). The van der Waals surface area contributed by atoms with Crippen LogP contribution < -0.4 is 5.32 Å². The van der Waals surface area contributed by atoms with Crippen LogP contribution in [0.2, 0.25) is 0 Å². The zero-order chi connectivity index (χ0) is 13.6. The molecule has 102 valence electrons. The number of fused-ring (bicyclic) bond motifs is 1. The molecule has 4 atom stereocenters. The van der Waals surface area contributed by atoms with E-state index in [-0.39, 0.29) is 23.3 Å². The first-order valence-corrected chi connectivity index (χ1v) is 6.64. The van der Waals surface area contributed by atoms with Gasteiger partial charge in [-0.25, -0.2) is 4.79 Å². The Hall–Kier alpha value is -1.85. The Morgan fingerprint density at radius 3 is 2.79 bits per heavy atom. The SMILES string of the molecule is CC1CC2CC2CC1C(=O)Nc1cc(C(=O)O)[nH]n1. The first kappa shape index (κ1) is 12.2. The van der Waals surface area contributed by atoms with Gasteiger partial charge in [0.05, 0.1) is 0 Å². The lowest BCUT2D eigenvalue weighted by atomic mass is 9.80. The molecule has 2 aliphatic carbocycles. The minimum atomic E-state index is -1.08. The Labute approximate surface area is 110 Å². The molecule has 1 heterocycles. The van der Waals surface area contributed by atoms with Crippen LogP contribution in [0.1, 0.15) is 36.7 Å². The average Bonchev–Trinajstić information content (AvgIpc) is 2.93. The van der Waals surface area contributed by atoms with E-state index in [1.165, 1.54) is 12.5 Å². The second kappa shape index (κ2) is 4.36. The van der Waals surface area contributed by atoms with Crippen LogP contribution in [0.3, 0.4) is 0 Å². The van der Waals surface area contributed by atoms with Gasteiger partial charge in [0.15, 0.2) is 5.82 Å². The smallest absolute Gasteiger partial charge is 0.353 e. The van der Waals surface area contributed by atoms with E-state index in [1.54, 1.807) is 0 Å². The average molecular weight is 263 g/mol. The summed E-state index contributed by atoms with van der Waals surface area (Å²) in [4.78, 5) is 22.9. The topological polar surface area (TPSA) is 95.1 Å². The molecule has 0 spiro atoms. The molecular formula is C13H17N3O3. The summed E-state index contributed by atoms with van der Waals surface area (Å²) in [6, 6.07) is 1.34. The molecule has 6 heteroatoms. The van der Waals surface area contributed by atoms with Gasteiger partial charge in [-0.2, -0.15) is 5.10 Å². The number of carboxylic acids is 1. The normalized spacial score (nSPS) is 32.5. The van der Waals surface area contributed by atoms with Gasteiger partial charge in [-0.1, -0.05) is 6.92 Å². The number of aromatic amines is 1. The fraction of sp³-hybridized carbons (Fsp3) is 0.615. The second-order valence-corrected chi connectivity index (χ2v) is 5.77. The molecule has 19 heavy (non-hydrogen) atoms. The van der Waals surface area contributed by atoms with Crippen molar-refractivity contribution in [2.24, 2.45) is 23.7 Å². The Kier molecular flexibility index (Phi) is 2.80. The molecule has 2 saturated carbocycles. The van der Waals surface area contributed by atoms with Crippen LogP contribution in [0, 0.1) is 23.7 Å². The summed E-state index contributed by atoms with van der Waals surface area (Å²) < 4.78 is 0. The quantitative estimate of drug-likeness (QED) is 0.773. The number of rotatable bonds is 3. The maximum Gasteiger partial charge on any atom is 0.353 e. The molecule has 0 radical (unpaired) electrons. The van der Waals surface area contributed by atoms with Gasteiger partial charge in [0.2, 0.25) is 5.91 Å². The molecule has 0 saturated heterocycles. The summed E-state index contributed by atoms with van der Waals surface area (Å²) in [5.74, 6) is 1.13. The van der Waals surface area contributed by atoms with Gasteiger partial charge in [-0.05, 0) is 37.0 Å². The van der Waals surface area contributed by atoms with Gasteiger partial charge < -0.3 is 10.4 Å². The number of aromatic nitrogens is 2. The van der Waals surface area contributed by atoms with Crippen LogP contribution in [0.25, 0.3) is 0 Å². The minimum absolute atomic E-state index is 0.0192. The fourth-order valence-corrected chi connectivity index (χ4v) is 3.17. The summed E-state index contributed by atoms with van der Waals surface area (Å²) in [7, 11) is 0. The van der Waals surface area contributed by atoms with Crippen molar-refractivity contribution >= 4 is 17.7 Å². The van der Waals surface area contributed by atoms with E-state index in [0.29, 0.717) is 5.92 Å². The van der Waals surface area contributed by atoms with Crippen molar-refractivity contribution in [2.45, 2.75) is 26.2 Å². The minimum Gasteiger partial charge on any atom is -0.477 e. The zero-order valence-corrected chi connectivity index (χ0v) is 10.7. The van der Waals surface area contributed by atoms with Crippen LogP contribution in [-0.2, 0) is 4.79 Å². The Morgan fingerprint density at radius 1 is 1.37 bits per heavy atom. The summed E-state index contributed by atoms with van der Waals surface area (Å²) in [6.07, 6.45) is 3.34. The standard InChI is InChI=1S/C13H17N3O3/c1-6-2-7-3-8(7)4-9(6)12(17)14-11-5-10(13(18)19)15-16-11/h5-9H,2-4H2,1H3,(H,18,19)(H2,14,15,16,17). The second-order valence-electron chi connectivity index (χ2n) is 5.77. The van der Waals surface area contributed by atoms with Crippen molar-refractivity contribution < 1.29 is 14.7 Å². The maximum absolute atomic E-state index is 12.2. The lowest BCUT2D eigenvalue weighted by molar-refractivity contribution is -0.122. The van der Waals surface area contributed by atoms with Crippen LogP contribution in [0.4, 0.5) is 5.82 Å². The number of carbonyl (C=O) groups excluding carboxylic acids is 1. The number of hydrogen-bond donors (Lipinski definition) is 3. The molecule has 2 aliphatic rings. The van der Waals surface area contributed by atoms with Crippen LogP contribution in [0.15, 0.2) is 6.07 Å². The van der Waals surface area contributed by atoms with Crippen molar-refractivity contribution in [3.05, 3.63) is 11.8 Å². The highest BCUT2D eigenvalue weighted by atomic mass is 16.4. The molecule has 1 amide bonds. The zero-order valence-electron chi connectivity index (χ0n) is 10.7. The molecule has 0 bridgehead atoms. The number of hydrogen-bond acceptors (Lipinski definition) is 3. The summed E-state index contributed by atoms with van der Waals surface area (Å²) in [6.45, 7) is 2.12. The summed E-state index contributed by atoms with van der Waals surface area (Å²) in [5.41, 5.74) is -0.0192. The number of anilines is 1. The number of carbonyl (C=O) groups is 2. The highest BCUT2D eigenvalue weighted by molar-refractivity contribution is 5.93. The van der Waals surface area contributed by atoms with E-state index in [1.807, 2.05) is 0 Å². The monoisotopic (exact) mass is 263 g/mol. The number of carboxylic acid groups (broad SMARTS) is 1. The van der Waals surface area contributed by atoms with Crippen molar-refractivity contribution in [3.63, 3.8) is 0 Å². The molecule has 6 nitrogen and oxygen atoms in total. The molecule has 0 aliphatic heterocycles. The van der Waals surface area contributed by atoms with Crippen molar-refractivity contribution in [2.75, 3.05) is 5.32 Å². The van der Waals surface area contributed by atoms with E-state index in [2.05, 4.69) is 22.4 Å². The van der Waals surface area contributed by atoms with E-state index < -0.39 is 5.97 Å². The fourth-order valence-electron chi connectivity index (χ4n) is 3.17. The predicted molar refractivity (Wildman–Crippen MR) is 67.7 cm³/mol.